The molecule has 0 spiro atoms. The Kier molecular flexibility index (Phi) is 4.37. The molecule has 6 nitrogen and oxygen atoms in total. The Morgan fingerprint density at radius 2 is 2.10 bits per heavy atom. The average Bonchev–Trinajstić information content (AvgIpc) is 2.43. The van der Waals surface area contributed by atoms with Gasteiger partial charge in [0.15, 0.2) is 5.43 Å². The number of fused-ring (bicyclic) bond motifs is 1. The number of aromatic carboxylic acids is 1. The molecule has 2 rings (SSSR count). The topological polar surface area (TPSA) is 86.0 Å². The number of benzene rings is 1. The van der Waals surface area contributed by atoms with Gasteiger partial charge in [-0.2, -0.15) is 0 Å². The summed E-state index contributed by atoms with van der Waals surface area (Å²) >= 11 is 0. The highest BCUT2D eigenvalue weighted by atomic mass is 16.5. The van der Waals surface area contributed by atoms with E-state index in [0.717, 1.165) is 6.07 Å². The van der Waals surface area contributed by atoms with Crippen molar-refractivity contribution in [2.75, 3.05) is 19.8 Å². The van der Waals surface area contributed by atoms with E-state index in [1.807, 2.05) is 6.92 Å². The van der Waals surface area contributed by atoms with E-state index in [1.165, 1.54) is 12.1 Å². The Morgan fingerprint density at radius 3 is 2.80 bits per heavy atom. The van der Waals surface area contributed by atoms with Crippen LogP contribution >= 0.6 is 0 Å². The molecule has 1 aromatic heterocycles. The van der Waals surface area contributed by atoms with Crippen LogP contribution in [0.5, 0.6) is 5.75 Å². The first-order valence-corrected chi connectivity index (χ1v) is 6.13. The predicted octanol–water partition coefficient (Wildman–Crippen LogP) is 1.91. The summed E-state index contributed by atoms with van der Waals surface area (Å²) in [6, 6.07) is 5.61. The lowest BCUT2D eigenvalue weighted by molar-refractivity contribution is 0.0663. The Balaban J connectivity index is 2.26. The molecule has 0 aliphatic carbocycles. The molecule has 0 radical (unpaired) electrons. The van der Waals surface area contributed by atoms with Gasteiger partial charge in [0.05, 0.1) is 12.0 Å². The number of rotatable bonds is 6. The summed E-state index contributed by atoms with van der Waals surface area (Å²) in [4.78, 5) is 22.6. The van der Waals surface area contributed by atoms with Gasteiger partial charge in [0.1, 0.15) is 17.9 Å². The molecule has 106 valence electrons. The molecular formula is C14H14O6. The molecule has 0 atom stereocenters. The van der Waals surface area contributed by atoms with Crippen LogP contribution in [-0.4, -0.2) is 30.9 Å². The van der Waals surface area contributed by atoms with Gasteiger partial charge in [-0.25, -0.2) is 4.79 Å². The van der Waals surface area contributed by atoms with Crippen LogP contribution in [0.2, 0.25) is 0 Å². The van der Waals surface area contributed by atoms with E-state index < -0.39 is 11.4 Å². The molecule has 6 heteroatoms. The summed E-state index contributed by atoms with van der Waals surface area (Å²) < 4.78 is 15.7. The van der Waals surface area contributed by atoms with E-state index in [0.29, 0.717) is 25.6 Å². The third kappa shape index (κ3) is 3.16. The maximum atomic E-state index is 11.8. The fourth-order valence-electron chi connectivity index (χ4n) is 1.69. The van der Waals surface area contributed by atoms with E-state index in [1.54, 1.807) is 6.07 Å². The number of hydrogen-bond acceptors (Lipinski definition) is 5. The van der Waals surface area contributed by atoms with Gasteiger partial charge in [-0.05, 0) is 25.1 Å². The Labute approximate surface area is 114 Å². The zero-order chi connectivity index (χ0) is 14.5. The second-order valence-electron chi connectivity index (χ2n) is 3.98. The monoisotopic (exact) mass is 278 g/mol. The zero-order valence-corrected chi connectivity index (χ0v) is 10.9. The number of carboxylic acid groups (broad SMARTS) is 1. The molecule has 2 aromatic rings. The highest BCUT2D eigenvalue weighted by Crippen LogP contribution is 2.19. The second kappa shape index (κ2) is 6.21. The van der Waals surface area contributed by atoms with Crippen molar-refractivity contribution in [1.82, 2.24) is 0 Å². The van der Waals surface area contributed by atoms with Crippen LogP contribution in [-0.2, 0) is 4.74 Å². The second-order valence-corrected chi connectivity index (χ2v) is 3.98. The number of carbonyl (C=O) groups is 1. The molecule has 0 aliphatic heterocycles. The minimum Gasteiger partial charge on any atom is -0.491 e. The molecule has 1 aromatic carbocycles. The van der Waals surface area contributed by atoms with Crippen LogP contribution in [0.3, 0.4) is 0 Å². The molecule has 0 saturated carbocycles. The van der Waals surface area contributed by atoms with E-state index in [4.69, 9.17) is 19.0 Å². The van der Waals surface area contributed by atoms with Crippen molar-refractivity contribution in [2.45, 2.75) is 6.92 Å². The van der Waals surface area contributed by atoms with Crippen LogP contribution < -0.4 is 10.2 Å². The predicted molar refractivity (Wildman–Crippen MR) is 71.4 cm³/mol. The highest BCUT2D eigenvalue weighted by molar-refractivity contribution is 5.87. The van der Waals surface area contributed by atoms with Crippen molar-refractivity contribution in [1.29, 1.82) is 0 Å². The average molecular weight is 278 g/mol. The Bertz CT molecular complexity index is 673. The van der Waals surface area contributed by atoms with Crippen molar-refractivity contribution in [3.05, 3.63) is 40.2 Å². The van der Waals surface area contributed by atoms with E-state index >= 15 is 0 Å². The van der Waals surface area contributed by atoms with E-state index in [2.05, 4.69) is 0 Å². The van der Waals surface area contributed by atoms with Crippen molar-refractivity contribution < 1.29 is 23.8 Å². The summed E-state index contributed by atoms with van der Waals surface area (Å²) in [6.45, 7) is 3.34. The molecule has 0 amide bonds. The highest BCUT2D eigenvalue weighted by Gasteiger charge is 2.11. The number of hydrogen-bond donors (Lipinski definition) is 1. The molecule has 1 heterocycles. The maximum Gasteiger partial charge on any atom is 0.371 e. The van der Waals surface area contributed by atoms with Crippen molar-refractivity contribution in [2.24, 2.45) is 0 Å². The molecular weight excluding hydrogens is 264 g/mol. The van der Waals surface area contributed by atoms with Gasteiger partial charge >= 0.3 is 5.97 Å². The lowest BCUT2D eigenvalue weighted by Crippen LogP contribution is -2.08. The Morgan fingerprint density at radius 1 is 1.30 bits per heavy atom. The lowest BCUT2D eigenvalue weighted by atomic mass is 10.2. The first-order valence-electron chi connectivity index (χ1n) is 6.13. The van der Waals surface area contributed by atoms with Crippen LogP contribution in [0.15, 0.2) is 33.5 Å². The van der Waals surface area contributed by atoms with Crippen LogP contribution in [0, 0.1) is 0 Å². The first-order chi connectivity index (χ1) is 9.61. The summed E-state index contributed by atoms with van der Waals surface area (Å²) in [5, 5.41) is 9.10. The molecule has 0 saturated heterocycles. The number of ether oxygens (including phenoxy) is 2. The lowest BCUT2D eigenvalue weighted by Gasteiger charge is -2.07. The zero-order valence-electron chi connectivity index (χ0n) is 10.9. The SMILES string of the molecule is CCOCCOc1ccc2oc(C(=O)O)cc(=O)c2c1. The van der Waals surface area contributed by atoms with Gasteiger partial charge in [0, 0.05) is 12.7 Å². The smallest absolute Gasteiger partial charge is 0.371 e. The van der Waals surface area contributed by atoms with Crippen molar-refractivity contribution in [3.8, 4) is 5.75 Å². The Hall–Kier alpha value is -2.34. The summed E-state index contributed by atoms with van der Waals surface area (Å²) in [7, 11) is 0. The van der Waals surface area contributed by atoms with Gasteiger partial charge in [-0.1, -0.05) is 0 Å². The standard InChI is InChI=1S/C14H14O6/c1-2-18-5-6-19-9-3-4-12-10(7-9)11(15)8-13(20-12)14(16)17/h3-4,7-8H,2,5-6H2,1H3,(H,16,17). The summed E-state index contributed by atoms with van der Waals surface area (Å²) in [5.74, 6) is -1.15. The van der Waals surface area contributed by atoms with Crippen molar-refractivity contribution in [3.63, 3.8) is 0 Å². The third-order valence-corrected chi connectivity index (χ3v) is 2.61. The normalized spacial score (nSPS) is 10.7. The fraction of sp³-hybridized carbons (Fsp3) is 0.286. The third-order valence-electron chi connectivity index (χ3n) is 2.61. The fourth-order valence-corrected chi connectivity index (χ4v) is 1.69. The molecule has 0 fully saturated rings. The molecule has 0 aliphatic rings. The van der Waals surface area contributed by atoms with E-state index in [-0.39, 0.29) is 16.7 Å². The molecule has 0 unspecified atom stereocenters. The number of carboxylic acids is 1. The summed E-state index contributed by atoms with van der Waals surface area (Å²) in [6.07, 6.45) is 0. The summed E-state index contributed by atoms with van der Waals surface area (Å²) in [5.41, 5.74) is -0.203. The van der Waals surface area contributed by atoms with Crippen LogP contribution in [0.4, 0.5) is 0 Å². The van der Waals surface area contributed by atoms with Gasteiger partial charge in [-0.3, -0.25) is 4.79 Å². The van der Waals surface area contributed by atoms with Gasteiger partial charge < -0.3 is 19.0 Å². The largest absolute Gasteiger partial charge is 0.491 e. The van der Waals surface area contributed by atoms with Gasteiger partial charge in [-0.15, -0.1) is 0 Å². The quantitative estimate of drug-likeness (QED) is 0.812. The van der Waals surface area contributed by atoms with E-state index in [9.17, 15) is 9.59 Å². The van der Waals surface area contributed by atoms with Crippen LogP contribution in [0.25, 0.3) is 11.0 Å². The van der Waals surface area contributed by atoms with Crippen LogP contribution in [0.1, 0.15) is 17.5 Å². The molecule has 20 heavy (non-hydrogen) atoms. The van der Waals surface area contributed by atoms with Gasteiger partial charge in [0.2, 0.25) is 5.76 Å². The molecule has 1 N–H and O–H groups in total. The van der Waals surface area contributed by atoms with Gasteiger partial charge in [0.25, 0.3) is 0 Å². The van der Waals surface area contributed by atoms with Crippen molar-refractivity contribution >= 4 is 16.9 Å². The molecule has 0 bridgehead atoms. The maximum absolute atomic E-state index is 11.8. The first kappa shape index (κ1) is 14.1. The minimum absolute atomic E-state index is 0.215. The minimum atomic E-state index is -1.28.